The summed E-state index contributed by atoms with van der Waals surface area (Å²) in [4.78, 5) is 17.7. The first kappa shape index (κ1) is 15.3. The lowest BCUT2D eigenvalue weighted by Gasteiger charge is -2.06. The van der Waals surface area contributed by atoms with Gasteiger partial charge in [0, 0.05) is 5.39 Å². The maximum Gasteiger partial charge on any atom is 0.282 e. The van der Waals surface area contributed by atoms with Crippen LogP contribution in [0, 0.1) is 0 Å². The van der Waals surface area contributed by atoms with Gasteiger partial charge in [0.2, 0.25) is 5.82 Å². The van der Waals surface area contributed by atoms with Gasteiger partial charge < -0.3 is 8.83 Å². The lowest BCUT2D eigenvalue weighted by atomic mass is 10.2. The summed E-state index contributed by atoms with van der Waals surface area (Å²) in [5.74, 6) is 1.33. The van der Waals surface area contributed by atoms with Crippen molar-refractivity contribution in [1.29, 1.82) is 0 Å². The minimum absolute atomic E-state index is 0.279. The molecule has 0 aliphatic carbocycles. The predicted molar refractivity (Wildman–Crippen MR) is 103 cm³/mol. The number of para-hydroxylation sites is 2. The molecule has 0 N–H and O–H groups in total. The van der Waals surface area contributed by atoms with Crippen LogP contribution in [-0.2, 0) is 0 Å². The SMILES string of the molecule is O=c1c2ccccc2nc(-c2cc3ccccc3o2)n1N=Cc1ccco1. The van der Waals surface area contributed by atoms with E-state index in [4.69, 9.17) is 8.83 Å². The molecule has 0 radical (unpaired) electrons. The fraction of sp³-hybridized carbons (Fsp3) is 0. The second kappa shape index (κ2) is 6.10. The Kier molecular flexibility index (Phi) is 3.47. The van der Waals surface area contributed by atoms with Crippen molar-refractivity contribution in [2.45, 2.75) is 0 Å². The highest BCUT2D eigenvalue weighted by atomic mass is 16.3. The Balaban J connectivity index is 1.78. The molecule has 0 amide bonds. The largest absolute Gasteiger partial charge is 0.463 e. The monoisotopic (exact) mass is 355 g/mol. The van der Waals surface area contributed by atoms with Crippen LogP contribution < -0.4 is 5.56 Å². The second-order valence-electron chi connectivity index (χ2n) is 5.98. The first-order valence-corrected chi connectivity index (χ1v) is 8.38. The van der Waals surface area contributed by atoms with Gasteiger partial charge in [-0.2, -0.15) is 9.78 Å². The molecule has 0 saturated heterocycles. The van der Waals surface area contributed by atoms with Crippen molar-refractivity contribution in [3.63, 3.8) is 0 Å². The van der Waals surface area contributed by atoms with Crippen molar-refractivity contribution in [2.75, 3.05) is 0 Å². The Morgan fingerprint density at radius 2 is 1.85 bits per heavy atom. The number of aromatic nitrogens is 2. The molecular weight excluding hydrogens is 342 g/mol. The number of rotatable bonds is 3. The lowest BCUT2D eigenvalue weighted by Crippen LogP contribution is -2.20. The van der Waals surface area contributed by atoms with Gasteiger partial charge in [-0.3, -0.25) is 4.79 Å². The third-order valence-electron chi connectivity index (χ3n) is 4.24. The summed E-state index contributed by atoms with van der Waals surface area (Å²) in [6.45, 7) is 0. The van der Waals surface area contributed by atoms with Crippen LogP contribution in [0.4, 0.5) is 0 Å². The first-order valence-electron chi connectivity index (χ1n) is 8.38. The van der Waals surface area contributed by atoms with Gasteiger partial charge in [0.25, 0.3) is 5.56 Å². The maximum absolute atomic E-state index is 13.0. The highest BCUT2D eigenvalue weighted by Gasteiger charge is 2.16. The van der Waals surface area contributed by atoms with Crippen molar-refractivity contribution >= 4 is 28.1 Å². The van der Waals surface area contributed by atoms with Crippen LogP contribution in [0.2, 0.25) is 0 Å². The number of nitrogens with zero attached hydrogens (tertiary/aromatic N) is 3. The van der Waals surface area contributed by atoms with E-state index in [-0.39, 0.29) is 5.56 Å². The van der Waals surface area contributed by atoms with Gasteiger partial charge in [-0.05, 0) is 36.4 Å². The number of furan rings is 2. The summed E-state index contributed by atoms with van der Waals surface area (Å²) in [6.07, 6.45) is 3.02. The zero-order chi connectivity index (χ0) is 18.2. The third kappa shape index (κ3) is 2.64. The van der Waals surface area contributed by atoms with Gasteiger partial charge in [0.05, 0.1) is 23.4 Å². The molecule has 3 heterocycles. The molecule has 0 fully saturated rings. The van der Waals surface area contributed by atoms with Gasteiger partial charge in [0.1, 0.15) is 11.3 Å². The Hall–Kier alpha value is -3.93. The van der Waals surface area contributed by atoms with Crippen molar-refractivity contribution in [2.24, 2.45) is 5.10 Å². The Bertz CT molecular complexity index is 1310. The number of benzene rings is 2. The van der Waals surface area contributed by atoms with E-state index in [1.54, 1.807) is 36.6 Å². The summed E-state index contributed by atoms with van der Waals surface area (Å²) >= 11 is 0. The van der Waals surface area contributed by atoms with E-state index in [1.165, 1.54) is 10.9 Å². The fourth-order valence-electron chi connectivity index (χ4n) is 2.96. The van der Waals surface area contributed by atoms with Crippen molar-refractivity contribution in [3.05, 3.63) is 89.1 Å². The van der Waals surface area contributed by atoms with Gasteiger partial charge in [-0.1, -0.05) is 30.3 Å². The molecule has 0 spiro atoms. The van der Waals surface area contributed by atoms with Gasteiger partial charge >= 0.3 is 0 Å². The van der Waals surface area contributed by atoms with E-state index in [0.29, 0.717) is 28.2 Å². The van der Waals surface area contributed by atoms with E-state index >= 15 is 0 Å². The zero-order valence-corrected chi connectivity index (χ0v) is 14.1. The average molecular weight is 355 g/mol. The summed E-state index contributed by atoms with van der Waals surface area (Å²) < 4.78 is 12.4. The topological polar surface area (TPSA) is 73.5 Å². The molecule has 0 aliphatic heterocycles. The van der Waals surface area contributed by atoms with E-state index in [2.05, 4.69) is 10.1 Å². The minimum atomic E-state index is -0.279. The second-order valence-corrected chi connectivity index (χ2v) is 5.98. The molecule has 6 heteroatoms. The molecule has 0 unspecified atom stereocenters. The zero-order valence-electron chi connectivity index (χ0n) is 14.1. The summed E-state index contributed by atoms with van der Waals surface area (Å²) in [5.41, 5.74) is 1.03. The quantitative estimate of drug-likeness (QED) is 0.453. The highest BCUT2D eigenvalue weighted by Crippen LogP contribution is 2.27. The highest BCUT2D eigenvalue weighted by molar-refractivity contribution is 5.84. The van der Waals surface area contributed by atoms with Crippen LogP contribution in [0.15, 0.2) is 91.7 Å². The number of hydrogen-bond acceptors (Lipinski definition) is 5. The molecule has 5 aromatic rings. The molecule has 0 bridgehead atoms. The summed E-state index contributed by atoms with van der Waals surface area (Å²) in [5, 5.41) is 5.72. The first-order chi connectivity index (χ1) is 13.3. The maximum atomic E-state index is 13.0. The normalized spacial score (nSPS) is 11.7. The Morgan fingerprint density at radius 1 is 1.00 bits per heavy atom. The van der Waals surface area contributed by atoms with Gasteiger partial charge in [-0.25, -0.2) is 4.98 Å². The molecule has 130 valence electrons. The molecular formula is C21H13N3O3. The molecule has 2 aromatic carbocycles. The Labute approximate surface area is 153 Å². The minimum Gasteiger partial charge on any atom is -0.463 e. The smallest absolute Gasteiger partial charge is 0.282 e. The van der Waals surface area contributed by atoms with Crippen molar-refractivity contribution in [3.8, 4) is 11.6 Å². The van der Waals surface area contributed by atoms with Crippen molar-refractivity contribution in [1.82, 2.24) is 9.66 Å². The van der Waals surface area contributed by atoms with Gasteiger partial charge in [0.15, 0.2) is 5.76 Å². The molecule has 27 heavy (non-hydrogen) atoms. The van der Waals surface area contributed by atoms with Crippen LogP contribution >= 0.6 is 0 Å². The summed E-state index contributed by atoms with van der Waals surface area (Å²) in [6, 6.07) is 20.2. The van der Waals surface area contributed by atoms with Crippen LogP contribution in [0.3, 0.4) is 0 Å². The lowest BCUT2D eigenvalue weighted by molar-refractivity contribution is 0.559. The number of fused-ring (bicyclic) bond motifs is 2. The molecule has 0 atom stereocenters. The van der Waals surface area contributed by atoms with Crippen LogP contribution in [0.5, 0.6) is 0 Å². The van der Waals surface area contributed by atoms with Crippen LogP contribution in [0.1, 0.15) is 5.76 Å². The molecule has 0 aliphatic rings. The molecule has 0 saturated carbocycles. The average Bonchev–Trinajstić information content (AvgIpc) is 3.36. The van der Waals surface area contributed by atoms with Crippen LogP contribution in [0.25, 0.3) is 33.5 Å². The van der Waals surface area contributed by atoms with E-state index < -0.39 is 0 Å². The van der Waals surface area contributed by atoms with E-state index in [0.717, 1.165) is 11.0 Å². The predicted octanol–water partition coefficient (Wildman–Crippen LogP) is 4.28. The standard InChI is InChI=1S/C21H13N3O3/c25-21-16-8-2-3-9-17(16)23-20(24(21)22-13-15-7-5-11-26-15)19-12-14-6-1-4-10-18(14)27-19/h1-13H. The number of hydrogen-bond donors (Lipinski definition) is 0. The molecule has 6 nitrogen and oxygen atoms in total. The van der Waals surface area contributed by atoms with E-state index in [1.807, 2.05) is 36.4 Å². The summed E-state index contributed by atoms with van der Waals surface area (Å²) in [7, 11) is 0. The molecule has 3 aromatic heterocycles. The molecule has 5 rings (SSSR count). The Morgan fingerprint density at radius 3 is 2.70 bits per heavy atom. The van der Waals surface area contributed by atoms with Gasteiger partial charge in [-0.15, -0.1) is 0 Å². The van der Waals surface area contributed by atoms with E-state index in [9.17, 15) is 4.79 Å². The van der Waals surface area contributed by atoms with Crippen molar-refractivity contribution < 1.29 is 8.83 Å². The third-order valence-corrected chi connectivity index (χ3v) is 4.24. The van der Waals surface area contributed by atoms with Crippen LogP contribution in [-0.4, -0.2) is 15.9 Å². The fourth-order valence-corrected chi connectivity index (χ4v) is 2.96.